The number of amides is 1. The molecule has 0 unspecified atom stereocenters. The minimum absolute atomic E-state index is 0.0932. The highest BCUT2D eigenvalue weighted by atomic mass is 32.2. The number of aromatic hydroxyl groups is 1. The van der Waals surface area contributed by atoms with E-state index in [4.69, 9.17) is 0 Å². The number of carbonyl (C=O) groups excluding carboxylic acids is 1. The maximum Gasteiger partial charge on any atom is 0.253 e. The summed E-state index contributed by atoms with van der Waals surface area (Å²) in [7, 11) is 0. The molecule has 4 rings (SSSR count). The Bertz CT molecular complexity index is 1310. The summed E-state index contributed by atoms with van der Waals surface area (Å²) < 4.78 is 1.95. The highest BCUT2D eigenvalue weighted by Crippen LogP contribution is 2.26. The number of hydrazone groups is 1. The average molecular weight is 487 g/mol. The number of nitrogens with zero attached hydrogens (tertiary/aromatic N) is 4. The van der Waals surface area contributed by atoms with Crippen LogP contribution >= 0.6 is 11.8 Å². The van der Waals surface area contributed by atoms with Crippen LogP contribution in [0.25, 0.3) is 5.69 Å². The van der Waals surface area contributed by atoms with Gasteiger partial charge in [0.15, 0.2) is 11.0 Å². The molecule has 9 heteroatoms. The number of nitrogens with one attached hydrogen (secondary N) is 2. The van der Waals surface area contributed by atoms with Crippen molar-refractivity contribution >= 4 is 29.6 Å². The van der Waals surface area contributed by atoms with E-state index in [1.54, 1.807) is 31.2 Å². The molecule has 1 atom stereocenters. The van der Waals surface area contributed by atoms with Crippen molar-refractivity contribution in [1.82, 2.24) is 20.2 Å². The fraction of sp³-hybridized carbons (Fsp3) is 0.154. The third kappa shape index (κ3) is 6.27. The molecular weight excluding hydrogens is 460 g/mol. The van der Waals surface area contributed by atoms with Gasteiger partial charge in [-0.2, -0.15) is 5.10 Å². The molecule has 8 nitrogen and oxygen atoms in total. The van der Waals surface area contributed by atoms with Gasteiger partial charge in [0.2, 0.25) is 0 Å². The summed E-state index contributed by atoms with van der Waals surface area (Å²) in [5.41, 5.74) is 6.13. The summed E-state index contributed by atoms with van der Waals surface area (Å²) in [5, 5.41) is 26.0. The van der Waals surface area contributed by atoms with Crippen LogP contribution in [-0.2, 0) is 11.3 Å². The number of hydrogen-bond donors (Lipinski definition) is 3. The molecule has 0 aliphatic heterocycles. The quantitative estimate of drug-likeness (QED) is 0.182. The van der Waals surface area contributed by atoms with Crippen LogP contribution in [0.3, 0.4) is 0 Å². The van der Waals surface area contributed by atoms with Gasteiger partial charge in [-0.25, -0.2) is 5.43 Å². The number of phenols is 1. The van der Waals surface area contributed by atoms with E-state index in [0.717, 1.165) is 17.2 Å². The molecule has 4 aromatic rings. The summed E-state index contributed by atoms with van der Waals surface area (Å²) in [6.07, 6.45) is 1.41. The van der Waals surface area contributed by atoms with Gasteiger partial charge in [-0.1, -0.05) is 59.8 Å². The van der Waals surface area contributed by atoms with Crippen molar-refractivity contribution in [1.29, 1.82) is 0 Å². The molecular formula is C26H26N6O2S. The van der Waals surface area contributed by atoms with Gasteiger partial charge in [0, 0.05) is 16.9 Å². The first-order valence-corrected chi connectivity index (χ1v) is 12.0. The number of carbonyl (C=O) groups is 1. The van der Waals surface area contributed by atoms with Gasteiger partial charge in [-0.3, -0.25) is 9.36 Å². The number of hydrogen-bond acceptors (Lipinski definition) is 7. The molecule has 0 spiro atoms. The number of thioether (sulfide) groups is 1. The van der Waals surface area contributed by atoms with Crippen LogP contribution < -0.4 is 10.7 Å². The molecule has 0 aliphatic carbocycles. The summed E-state index contributed by atoms with van der Waals surface area (Å²) in [6.45, 7) is 4.30. The number of phenolic OH excluding ortho intramolecular Hbond substituents is 1. The molecule has 1 amide bonds. The molecule has 0 radical (unpaired) electrons. The number of para-hydroxylation sites is 2. The largest absolute Gasteiger partial charge is 0.507 e. The Balaban J connectivity index is 1.47. The van der Waals surface area contributed by atoms with Crippen molar-refractivity contribution in [3.8, 4) is 11.4 Å². The zero-order chi connectivity index (χ0) is 24.6. The van der Waals surface area contributed by atoms with Crippen molar-refractivity contribution in [3.63, 3.8) is 0 Å². The summed E-state index contributed by atoms with van der Waals surface area (Å²) in [4.78, 5) is 12.6. The molecule has 0 saturated carbocycles. The topological polar surface area (TPSA) is 104 Å². The van der Waals surface area contributed by atoms with Crippen LogP contribution in [-0.4, -0.2) is 37.2 Å². The van der Waals surface area contributed by atoms with Gasteiger partial charge in [-0.15, -0.1) is 10.2 Å². The average Bonchev–Trinajstić information content (AvgIpc) is 3.27. The SMILES string of the molecule is Cc1ccc(NCc2nnc(S[C@@H](C)C(=O)N/N=C\c3ccccc3O)n2-c2ccccc2)cc1. The van der Waals surface area contributed by atoms with Gasteiger partial charge < -0.3 is 10.4 Å². The van der Waals surface area contributed by atoms with Gasteiger partial charge in [0.25, 0.3) is 5.91 Å². The third-order valence-corrected chi connectivity index (χ3v) is 6.23. The number of benzene rings is 3. The lowest BCUT2D eigenvalue weighted by Gasteiger charge is -2.13. The van der Waals surface area contributed by atoms with Crippen LogP contribution in [0.2, 0.25) is 0 Å². The normalized spacial score (nSPS) is 11.9. The second-order valence-electron chi connectivity index (χ2n) is 7.84. The Morgan fingerprint density at radius 2 is 1.77 bits per heavy atom. The molecule has 3 N–H and O–H groups in total. The van der Waals surface area contributed by atoms with Crippen molar-refractivity contribution < 1.29 is 9.90 Å². The number of anilines is 1. The first-order chi connectivity index (χ1) is 17.0. The zero-order valence-corrected chi connectivity index (χ0v) is 20.2. The second kappa shape index (κ2) is 11.3. The minimum atomic E-state index is -0.485. The lowest BCUT2D eigenvalue weighted by atomic mass is 10.2. The molecule has 1 aromatic heterocycles. The molecule has 0 bridgehead atoms. The first kappa shape index (κ1) is 24.0. The van der Waals surface area contributed by atoms with Gasteiger partial charge in [0.1, 0.15) is 5.75 Å². The highest BCUT2D eigenvalue weighted by Gasteiger charge is 2.21. The van der Waals surface area contributed by atoms with Crippen molar-refractivity contribution in [2.75, 3.05) is 5.32 Å². The second-order valence-corrected chi connectivity index (χ2v) is 9.15. The molecule has 3 aromatic carbocycles. The Hall–Kier alpha value is -4.11. The van der Waals surface area contributed by atoms with E-state index in [1.165, 1.54) is 23.5 Å². The molecule has 35 heavy (non-hydrogen) atoms. The fourth-order valence-corrected chi connectivity index (χ4v) is 4.12. The Labute approximate surface area is 208 Å². The predicted octanol–water partition coefficient (Wildman–Crippen LogP) is 4.52. The van der Waals surface area contributed by atoms with Gasteiger partial charge in [-0.05, 0) is 50.2 Å². The van der Waals surface area contributed by atoms with E-state index in [-0.39, 0.29) is 11.7 Å². The summed E-state index contributed by atoms with van der Waals surface area (Å²) in [6, 6.07) is 24.7. The Kier molecular flexibility index (Phi) is 7.79. The van der Waals surface area contributed by atoms with E-state index in [0.29, 0.717) is 17.3 Å². The smallest absolute Gasteiger partial charge is 0.253 e. The molecule has 1 heterocycles. The standard InChI is InChI=1S/C26H26N6O2S/c1-18-12-14-21(15-13-18)27-17-24-29-31-26(32(24)22-9-4-3-5-10-22)35-19(2)25(34)30-28-16-20-8-6-7-11-23(20)33/h3-16,19,27,33H,17H2,1-2H3,(H,30,34)/b28-16-/t19-/m0/s1. The maximum atomic E-state index is 12.6. The molecule has 0 fully saturated rings. The fourth-order valence-electron chi connectivity index (χ4n) is 3.24. The van der Waals surface area contributed by atoms with Crippen LogP contribution in [0.15, 0.2) is 89.1 Å². The van der Waals surface area contributed by atoms with E-state index in [9.17, 15) is 9.90 Å². The van der Waals surface area contributed by atoms with Crippen molar-refractivity contribution in [2.24, 2.45) is 5.10 Å². The van der Waals surface area contributed by atoms with Crippen molar-refractivity contribution in [3.05, 3.63) is 95.8 Å². The number of aryl methyl sites for hydroxylation is 1. The van der Waals surface area contributed by atoms with Gasteiger partial charge >= 0.3 is 0 Å². The van der Waals surface area contributed by atoms with E-state index >= 15 is 0 Å². The Morgan fingerprint density at radius 3 is 2.51 bits per heavy atom. The van der Waals surface area contributed by atoms with Crippen LogP contribution in [0.1, 0.15) is 23.9 Å². The van der Waals surface area contributed by atoms with Crippen LogP contribution in [0.4, 0.5) is 5.69 Å². The lowest BCUT2D eigenvalue weighted by molar-refractivity contribution is -0.120. The third-order valence-electron chi connectivity index (χ3n) is 5.18. The van der Waals surface area contributed by atoms with Crippen LogP contribution in [0.5, 0.6) is 5.75 Å². The van der Waals surface area contributed by atoms with Crippen molar-refractivity contribution in [2.45, 2.75) is 30.8 Å². The zero-order valence-electron chi connectivity index (χ0n) is 19.4. The minimum Gasteiger partial charge on any atom is -0.507 e. The number of rotatable bonds is 9. The highest BCUT2D eigenvalue weighted by molar-refractivity contribution is 8.00. The molecule has 0 aliphatic rings. The maximum absolute atomic E-state index is 12.6. The monoisotopic (exact) mass is 486 g/mol. The summed E-state index contributed by atoms with van der Waals surface area (Å²) >= 11 is 1.29. The number of aromatic nitrogens is 3. The van der Waals surface area contributed by atoms with Crippen LogP contribution in [0, 0.1) is 6.92 Å². The van der Waals surface area contributed by atoms with E-state index < -0.39 is 5.25 Å². The molecule has 0 saturated heterocycles. The van der Waals surface area contributed by atoms with E-state index in [2.05, 4.69) is 26.0 Å². The predicted molar refractivity (Wildman–Crippen MR) is 139 cm³/mol. The van der Waals surface area contributed by atoms with Gasteiger partial charge in [0.05, 0.1) is 18.0 Å². The Morgan fingerprint density at radius 1 is 1.06 bits per heavy atom. The van der Waals surface area contributed by atoms with E-state index in [1.807, 2.05) is 66.1 Å². The lowest BCUT2D eigenvalue weighted by Crippen LogP contribution is -2.27. The first-order valence-electron chi connectivity index (χ1n) is 11.1. The summed E-state index contributed by atoms with van der Waals surface area (Å²) in [5.74, 6) is 0.531. The molecule has 178 valence electrons.